The third-order valence-corrected chi connectivity index (χ3v) is 3.49. The molecule has 0 aliphatic heterocycles. The molecule has 2 aromatic carbocycles. The average molecular weight is 693 g/mol. The Balaban J connectivity index is 0.000000642. The minimum Gasteiger partial charge on any atom is -0.863 e. The summed E-state index contributed by atoms with van der Waals surface area (Å²) in [6, 6.07) is 0.218. The standard InChI is InChI=1S/2C6H3N3O8.Pb/c2*10-5-2(7(12)13)1-3(8(14)15)6(11)4(5)9(16)17;/h2*1,10-11H;/p-4. The zero-order valence-electron chi connectivity index (χ0n) is 15.9. The van der Waals surface area contributed by atoms with Gasteiger partial charge in [0, 0.05) is 27.3 Å². The van der Waals surface area contributed by atoms with Gasteiger partial charge in [-0.1, -0.05) is 0 Å². The van der Waals surface area contributed by atoms with Crippen LogP contribution in [-0.4, -0.2) is 56.8 Å². The number of nitro groups is 6. The molecule has 22 nitrogen and oxygen atoms in total. The SMILES string of the molecule is O=[N+]([O-])c1cc([N+](=O)[O-])c([O-])c([N+](=O)[O-])c1[O-].O=[N+]([O-])c1cc([N+](=O)[O-])c([O-])c([N+](=O)[O-])c1[O-].[Pb]. The molecule has 0 amide bonds. The zero-order valence-corrected chi connectivity index (χ0v) is 19.8. The second-order valence-corrected chi connectivity index (χ2v) is 5.39. The summed E-state index contributed by atoms with van der Waals surface area (Å²) in [5.41, 5.74) is -8.95. The predicted octanol–water partition coefficient (Wildman–Crippen LogP) is -1.26. The van der Waals surface area contributed by atoms with Gasteiger partial charge in [-0.05, 0) is 0 Å². The van der Waals surface area contributed by atoms with Crippen molar-refractivity contribution in [1.29, 1.82) is 0 Å². The van der Waals surface area contributed by atoms with Crippen molar-refractivity contribution < 1.29 is 50.0 Å². The Morgan fingerprint density at radius 1 is 0.400 bits per heavy atom. The Morgan fingerprint density at radius 3 is 0.686 bits per heavy atom. The van der Waals surface area contributed by atoms with Gasteiger partial charge in [0.15, 0.2) is 0 Å². The molecule has 0 aliphatic rings. The van der Waals surface area contributed by atoms with E-state index in [0.717, 1.165) is 0 Å². The Morgan fingerprint density at radius 2 is 0.571 bits per heavy atom. The number of hydrogen-bond donors (Lipinski definition) is 0. The summed E-state index contributed by atoms with van der Waals surface area (Å²) in [6.07, 6.45) is 0. The summed E-state index contributed by atoms with van der Waals surface area (Å²) in [6.45, 7) is 0. The van der Waals surface area contributed by atoms with E-state index in [4.69, 9.17) is 0 Å². The Labute approximate surface area is 207 Å². The van der Waals surface area contributed by atoms with Crippen LogP contribution in [0.2, 0.25) is 0 Å². The number of nitrogens with zero attached hydrogens (tertiary/aromatic N) is 6. The van der Waals surface area contributed by atoms with Gasteiger partial charge in [-0.25, -0.2) is 0 Å². The van der Waals surface area contributed by atoms with E-state index in [9.17, 15) is 81.1 Å². The first-order valence-electron chi connectivity index (χ1n) is 7.50. The maximum atomic E-state index is 11.1. The van der Waals surface area contributed by atoms with Gasteiger partial charge < -0.3 is 20.4 Å². The van der Waals surface area contributed by atoms with E-state index in [1.54, 1.807) is 0 Å². The predicted molar refractivity (Wildman–Crippen MR) is 96.3 cm³/mol. The number of nitro benzene ring substituents is 6. The van der Waals surface area contributed by atoms with Gasteiger partial charge >= 0.3 is 0 Å². The molecule has 2 aromatic rings. The van der Waals surface area contributed by atoms with Crippen molar-refractivity contribution in [3.63, 3.8) is 0 Å². The van der Waals surface area contributed by atoms with E-state index in [1.165, 1.54) is 0 Å². The molecule has 23 heteroatoms. The molecule has 0 saturated carbocycles. The Bertz CT molecular complexity index is 1100. The fourth-order valence-electron chi connectivity index (χ4n) is 2.09. The Kier molecular flexibility index (Phi) is 9.59. The normalized spacial score (nSPS) is 9.60. The second-order valence-electron chi connectivity index (χ2n) is 5.39. The van der Waals surface area contributed by atoms with Gasteiger partial charge in [-0.2, -0.15) is 0 Å². The maximum absolute atomic E-state index is 11.1. The topological polar surface area (TPSA) is 351 Å². The molecule has 4 radical (unpaired) electrons. The van der Waals surface area contributed by atoms with Gasteiger partial charge in [0.05, 0.1) is 64.7 Å². The van der Waals surface area contributed by atoms with E-state index in [0.29, 0.717) is 0 Å². The van der Waals surface area contributed by atoms with Crippen LogP contribution >= 0.6 is 0 Å². The molecule has 2 rings (SSSR count). The molecule has 0 spiro atoms. The number of rotatable bonds is 6. The molecular formula is C12H2N6O16Pb-4. The van der Waals surface area contributed by atoms with Crippen LogP contribution in [-0.2, 0) is 0 Å². The maximum Gasteiger partial charge on any atom is 0.275 e. The van der Waals surface area contributed by atoms with Crippen LogP contribution in [0.1, 0.15) is 0 Å². The first-order chi connectivity index (χ1) is 15.5. The Hall–Kier alpha value is -5.04. The molecule has 35 heavy (non-hydrogen) atoms. The summed E-state index contributed by atoms with van der Waals surface area (Å²) in [4.78, 5) is 53.8. The van der Waals surface area contributed by atoms with Crippen molar-refractivity contribution in [3.05, 3.63) is 72.8 Å². The quantitative estimate of drug-likeness (QED) is 0.193. The molecule has 0 saturated heterocycles. The van der Waals surface area contributed by atoms with Crippen molar-refractivity contribution in [2.45, 2.75) is 0 Å². The minimum atomic E-state index is -1.75. The average Bonchev–Trinajstić information content (AvgIpc) is 2.66. The van der Waals surface area contributed by atoms with Crippen LogP contribution in [0, 0.1) is 60.7 Å². The molecule has 0 aliphatic carbocycles. The summed E-state index contributed by atoms with van der Waals surface area (Å²) in [7, 11) is 0. The van der Waals surface area contributed by atoms with E-state index in [-0.39, 0.29) is 39.4 Å². The number of hydrogen-bond acceptors (Lipinski definition) is 16. The largest absolute Gasteiger partial charge is 0.863 e. The molecule has 0 bridgehead atoms. The van der Waals surface area contributed by atoms with Crippen LogP contribution in [0.15, 0.2) is 12.1 Å². The zero-order chi connectivity index (χ0) is 26.7. The van der Waals surface area contributed by atoms with E-state index >= 15 is 0 Å². The van der Waals surface area contributed by atoms with E-state index in [2.05, 4.69) is 0 Å². The fraction of sp³-hybridized carbons (Fsp3) is 0. The van der Waals surface area contributed by atoms with Crippen molar-refractivity contribution in [2.75, 3.05) is 0 Å². The number of benzene rings is 2. The van der Waals surface area contributed by atoms with Gasteiger partial charge in [0.2, 0.25) is 0 Å². The van der Waals surface area contributed by atoms with Gasteiger partial charge in [0.25, 0.3) is 34.1 Å². The summed E-state index contributed by atoms with van der Waals surface area (Å²) < 4.78 is 0. The van der Waals surface area contributed by atoms with Crippen LogP contribution < -0.4 is 20.4 Å². The third-order valence-electron chi connectivity index (χ3n) is 3.49. The van der Waals surface area contributed by atoms with E-state index in [1.807, 2.05) is 0 Å². The molecule has 0 N–H and O–H groups in total. The van der Waals surface area contributed by atoms with Crippen LogP contribution in [0.5, 0.6) is 23.0 Å². The van der Waals surface area contributed by atoms with Gasteiger partial charge in [-0.3, -0.25) is 60.7 Å². The molecule has 0 unspecified atom stereocenters. The fourth-order valence-corrected chi connectivity index (χ4v) is 2.09. The first kappa shape index (κ1) is 30.0. The molecule has 184 valence electrons. The first-order valence-corrected chi connectivity index (χ1v) is 7.50. The monoisotopic (exact) mass is 694 g/mol. The second kappa shape index (κ2) is 11.2. The molecule has 0 heterocycles. The van der Waals surface area contributed by atoms with Gasteiger partial charge in [-0.15, -0.1) is 0 Å². The van der Waals surface area contributed by atoms with Crippen molar-refractivity contribution in [3.8, 4) is 23.0 Å². The van der Waals surface area contributed by atoms with Gasteiger partial charge in [0.1, 0.15) is 0 Å². The minimum absolute atomic E-state index is 0. The summed E-state index contributed by atoms with van der Waals surface area (Å²) >= 11 is 0. The van der Waals surface area contributed by atoms with Crippen molar-refractivity contribution in [1.82, 2.24) is 0 Å². The summed E-state index contributed by atoms with van der Waals surface area (Å²) in [5.74, 6) is -7.02. The van der Waals surface area contributed by atoms with E-state index < -0.39 is 86.7 Å². The van der Waals surface area contributed by atoms with Crippen molar-refractivity contribution >= 4 is 61.4 Å². The molecular weight excluding hydrogens is 691 g/mol. The smallest absolute Gasteiger partial charge is 0.275 e. The summed E-state index contributed by atoms with van der Waals surface area (Å²) in [5, 5.41) is 107. The third kappa shape index (κ3) is 6.06. The van der Waals surface area contributed by atoms with Crippen LogP contribution in [0.25, 0.3) is 0 Å². The molecule has 0 atom stereocenters. The molecule has 0 aromatic heterocycles. The van der Waals surface area contributed by atoms with Crippen LogP contribution in [0.3, 0.4) is 0 Å². The van der Waals surface area contributed by atoms with Crippen LogP contribution in [0.4, 0.5) is 34.1 Å². The molecule has 0 fully saturated rings. The van der Waals surface area contributed by atoms with Crippen molar-refractivity contribution in [2.24, 2.45) is 0 Å².